The van der Waals surface area contributed by atoms with E-state index in [1.165, 1.54) is 19.3 Å². The number of nitrogens with zero attached hydrogens (tertiary/aromatic N) is 3. The average molecular weight is 289 g/mol. The molecule has 1 aliphatic carbocycles. The number of carbonyl (C=O) groups excluding carboxylic acids is 1. The second-order valence-corrected chi connectivity index (χ2v) is 6.61. The van der Waals surface area contributed by atoms with Crippen molar-refractivity contribution in [3.8, 4) is 12.3 Å². The van der Waals surface area contributed by atoms with Gasteiger partial charge in [0.05, 0.1) is 13.2 Å². The maximum Gasteiger partial charge on any atom is 0.222 e. The lowest BCUT2D eigenvalue weighted by Gasteiger charge is -2.42. The molecule has 2 heterocycles. The van der Waals surface area contributed by atoms with E-state index in [9.17, 15) is 4.79 Å². The van der Waals surface area contributed by atoms with E-state index in [-0.39, 0.29) is 17.0 Å². The van der Waals surface area contributed by atoms with E-state index >= 15 is 0 Å². The van der Waals surface area contributed by atoms with Gasteiger partial charge in [-0.1, -0.05) is 6.42 Å². The Morgan fingerprint density at radius 2 is 2.14 bits per heavy atom. The molecule has 0 N–H and O–H groups in total. The van der Waals surface area contributed by atoms with E-state index in [1.54, 1.807) is 0 Å². The number of hydrogen-bond donors (Lipinski definition) is 0. The van der Waals surface area contributed by atoms with Crippen molar-refractivity contribution in [1.29, 1.82) is 0 Å². The topological polar surface area (TPSA) is 54.3 Å². The SMILES string of the molecule is C#CCCC1(CCC(=O)N2CCOCC3(CCC3)C2)N=N1. The number of hydrogen-bond acceptors (Lipinski definition) is 4. The third kappa shape index (κ3) is 3.26. The summed E-state index contributed by atoms with van der Waals surface area (Å²) < 4.78 is 5.69. The van der Waals surface area contributed by atoms with E-state index in [0.717, 1.165) is 19.6 Å². The van der Waals surface area contributed by atoms with Crippen molar-refractivity contribution in [3.63, 3.8) is 0 Å². The summed E-state index contributed by atoms with van der Waals surface area (Å²) in [4.78, 5) is 14.5. The van der Waals surface area contributed by atoms with Gasteiger partial charge in [-0.05, 0) is 12.8 Å². The highest BCUT2D eigenvalue weighted by Gasteiger charge is 2.43. The normalized spacial score (nSPS) is 25.0. The Bertz CT molecular complexity index is 470. The molecular weight excluding hydrogens is 266 g/mol. The van der Waals surface area contributed by atoms with Crippen LogP contribution in [-0.2, 0) is 9.53 Å². The molecule has 0 aromatic carbocycles. The molecule has 0 bridgehead atoms. The molecule has 114 valence electrons. The summed E-state index contributed by atoms with van der Waals surface area (Å²) in [7, 11) is 0. The monoisotopic (exact) mass is 289 g/mol. The van der Waals surface area contributed by atoms with Crippen LogP contribution in [0.15, 0.2) is 10.2 Å². The van der Waals surface area contributed by atoms with Gasteiger partial charge in [0.25, 0.3) is 0 Å². The van der Waals surface area contributed by atoms with E-state index in [0.29, 0.717) is 32.4 Å². The van der Waals surface area contributed by atoms with Crippen LogP contribution >= 0.6 is 0 Å². The molecule has 0 radical (unpaired) electrons. The van der Waals surface area contributed by atoms with Gasteiger partial charge in [0.15, 0.2) is 5.66 Å². The predicted octanol–water partition coefficient (Wildman–Crippen LogP) is 2.37. The summed E-state index contributed by atoms with van der Waals surface area (Å²) in [5, 5.41) is 8.19. The minimum absolute atomic E-state index is 0.212. The van der Waals surface area contributed by atoms with Crippen molar-refractivity contribution in [2.24, 2.45) is 15.6 Å². The van der Waals surface area contributed by atoms with E-state index in [2.05, 4.69) is 16.1 Å². The van der Waals surface area contributed by atoms with Crippen LogP contribution in [0.2, 0.25) is 0 Å². The Morgan fingerprint density at radius 1 is 1.33 bits per heavy atom. The van der Waals surface area contributed by atoms with Gasteiger partial charge in [-0.15, -0.1) is 12.3 Å². The summed E-state index contributed by atoms with van der Waals surface area (Å²) in [6.45, 7) is 3.04. The standard InChI is InChI=1S/C16H23N3O2/c1-2-3-8-16(17-18-16)9-5-14(20)19-10-11-21-13-15(12-19)6-4-7-15/h1H,3-13H2. The zero-order valence-electron chi connectivity index (χ0n) is 12.5. The largest absolute Gasteiger partial charge is 0.379 e. The molecule has 1 amide bonds. The van der Waals surface area contributed by atoms with Gasteiger partial charge in [0.2, 0.25) is 5.91 Å². The summed E-state index contributed by atoms with van der Waals surface area (Å²) in [6, 6.07) is 0. The lowest BCUT2D eigenvalue weighted by Crippen LogP contribution is -2.45. The smallest absolute Gasteiger partial charge is 0.222 e. The van der Waals surface area contributed by atoms with Crippen molar-refractivity contribution >= 4 is 5.91 Å². The number of ether oxygens (including phenoxy) is 1. The predicted molar refractivity (Wildman–Crippen MR) is 78.6 cm³/mol. The molecule has 21 heavy (non-hydrogen) atoms. The molecule has 2 fully saturated rings. The van der Waals surface area contributed by atoms with Crippen LogP contribution in [0.3, 0.4) is 0 Å². The Kier molecular flexibility index (Phi) is 3.99. The first kappa shape index (κ1) is 14.5. The third-order valence-electron chi connectivity index (χ3n) is 5.00. The minimum Gasteiger partial charge on any atom is -0.379 e. The molecule has 2 aliphatic heterocycles. The van der Waals surface area contributed by atoms with E-state index in [4.69, 9.17) is 11.2 Å². The lowest BCUT2D eigenvalue weighted by molar-refractivity contribution is -0.133. The summed E-state index contributed by atoms with van der Waals surface area (Å²) in [5.74, 6) is 2.83. The first-order chi connectivity index (χ1) is 10.2. The highest BCUT2D eigenvalue weighted by molar-refractivity contribution is 5.76. The van der Waals surface area contributed by atoms with Crippen molar-refractivity contribution in [2.75, 3.05) is 26.3 Å². The number of carbonyl (C=O) groups is 1. The van der Waals surface area contributed by atoms with E-state index < -0.39 is 0 Å². The highest BCUT2D eigenvalue weighted by Crippen LogP contribution is 2.43. The van der Waals surface area contributed by atoms with Crippen molar-refractivity contribution in [1.82, 2.24) is 4.90 Å². The van der Waals surface area contributed by atoms with Crippen LogP contribution in [-0.4, -0.2) is 42.8 Å². The molecule has 1 spiro atoms. The highest BCUT2D eigenvalue weighted by atomic mass is 16.5. The van der Waals surface area contributed by atoms with Crippen LogP contribution in [0.4, 0.5) is 0 Å². The van der Waals surface area contributed by atoms with Crippen molar-refractivity contribution in [2.45, 2.75) is 50.6 Å². The molecule has 5 heteroatoms. The molecular formula is C16H23N3O2. The molecule has 3 aliphatic rings. The second kappa shape index (κ2) is 5.76. The van der Waals surface area contributed by atoms with Gasteiger partial charge < -0.3 is 9.64 Å². The molecule has 1 saturated heterocycles. The summed E-state index contributed by atoms with van der Waals surface area (Å²) in [5.41, 5.74) is -0.111. The van der Waals surface area contributed by atoms with Crippen LogP contribution < -0.4 is 0 Å². The summed E-state index contributed by atoms with van der Waals surface area (Å²) in [6.07, 6.45) is 11.6. The zero-order chi connectivity index (χ0) is 14.8. The molecule has 0 aromatic rings. The van der Waals surface area contributed by atoms with Crippen LogP contribution in [0.25, 0.3) is 0 Å². The minimum atomic E-state index is -0.349. The third-order valence-corrected chi connectivity index (χ3v) is 5.00. The van der Waals surface area contributed by atoms with Gasteiger partial charge in [-0.2, -0.15) is 10.2 Å². The molecule has 3 rings (SSSR count). The Labute approximate surface area is 126 Å². The number of terminal acetylenes is 1. The fraction of sp³-hybridized carbons (Fsp3) is 0.812. The fourth-order valence-corrected chi connectivity index (χ4v) is 3.32. The molecule has 5 nitrogen and oxygen atoms in total. The van der Waals surface area contributed by atoms with Gasteiger partial charge in [0, 0.05) is 44.2 Å². The molecule has 0 unspecified atom stereocenters. The summed E-state index contributed by atoms with van der Waals surface area (Å²) >= 11 is 0. The Balaban J connectivity index is 1.49. The quantitative estimate of drug-likeness (QED) is 0.730. The molecule has 0 atom stereocenters. The molecule has 0 aromatic heterocycles. The lowest BCUT2D eigenvalue weighted by atomic mass is 9.69. The van der Waals surface area contributed by atoms with E-state index in [1.807, 2.05) is 4.90 Å². The van der Waals surface area contributed by atoms with Gasteiger partial charge in [-0.3, -0.25) is 4.79 Å². The van der Waals surface area contributed by atoms with Crippen molar-refractivity contribution in [3.05, 3.63) is 0 Å². The first-order valence-corrected chi connectivity index (χ1v) is 7.90. The maximum absolute atomic E-state index is 12.5. The van der Waals surface area contributed by atoms with Crippen LogP contribution in [0, 0.1) is 17.8 Å². The number of amides is 1. The van der Waals surface area contributed by atoms with Crippen LogP contribution in [0.1, 0.15) is 44.9 Å². The Morgan fingerprint density at radius 3 is 2.76 bits per heavy atom. The molecule has 1 saturated carbocycles. The van der Waals surface area contributed by atoms with Crippen molar-refractivity contribution < 1.29 is 9.53 Å². The van der Waals surface area contributed by atoms with Gasteiger partial charge in [-0.25, -0.2) is 0 Å². The Hall–Kier alpha value is -1.41. The zero-order valence-corrected chi connectivity index (χ0v) is 12.5. The van der Waals surface area contributed by atoms with Gasteiger partial charge in [0.1, 0.15) is 0 Å². The van der Waals surface area contributed by atoms with Gasteiger partial charge >= 0.3 is 0 Å². The maximum atomic E-state index is 12.5. The fourth-order valence-electron chi connectivity index (χ4n) is 3.32. The number of rotatable bonds is 5. The average Bonchev–Trinajstić information content (AvgIpc) is 3.25. The van der Waals surface area contributed by atoms with Crippen LogP contribution in [0.5, 0.6) is 0 Å². The second-order valence-electron chi connectivity index (χ2n) is 6.61. The first-order valence-electron chi connectivity index (χ1n) is 7.90.